The van der Waals surface area contributed by atoms with Crippen molar-refractivity contribution >= 4 is 6.03 Å². The third-order valence-corrected chi connectivity index (χ3v) is 5.43. The second kappa shape index (κ2) is 8.50. The van der Waals surface area contributed by atoms with E-state index >= 15 is 0 Å². The Hall–Kier alpha value is -0.850. The van der Waals surface area contributed by atoms with Crippen molar-refractivity contribution in [1.82, 2.24) is 20.4 Å². The molecule has 0 aromatic carbocycles. The lowest BCUT2D eigenvalue weighted by Crippen LogP contribution is -2.54. The van der Waals surface area contributed by atoms with Gasteiger partial charge in [0.15, 0.2) is 0 Å². The third-order valence-electron chi connectivity index (χ3n) is 5.43. The van der Waals surface area contributed by atoms with Gasteiger partial charge in [-0.25, -0.2) is 4.79 Å². The summed E-state index contributed by atoms with van der Waals surface area (Å²) in [5.74, 6) is 0.521. The number of carbonyl (C=O) groups is 1. The van der Waals surface area contributed by atoms with Gasteiger partial charge in [0, 0.05) is 31.7 Å². The van der Waals surface area contributed by atoms with E-state index in [1.54, 1.807) is 6.92 Å². The van der Waals surface area contributed by atoms with Crippen LogP contribution in [0.3, 0.4) is 0 Å². The highest BCUT2D eigenvalue weighted by atomic mass is 16.3. The highest BCUT2D eigenvalue weighted by Crippen LogP contribution is 2.30. The standard InChI is InChI=1S/C18H36N4O2/c1-14(15-7-6-10-22(11-15)16-8-5-9-16)20-17(23)19-12-18(2,24)13-21(3)4/h14-16,24H,5-13H2,1-4H3,(H2,19,20,23). The summed E-state index contributed by atoms with van der Waals surface area (Å²) in [7, 11) is 3.82. The monoisotopic (exact) mass is 340 g/mol. The number of amides is 2. The van der Waals surface area contributed by atoms with Crippen molar-refractivity contribution in [2.24, 2.45) is 5.92 Å². The molecule has 2 rings (SSSR count). The smallest absolute Gasteiger partial charge is 0.315 e. The molecule has 1 saturated carbocycles. The van der Waals surface area contributed by atoms with E-state index in [1.807, 2.05) is 19.0 Å². The van der Waals surface area contributed by atoms with Crippen LogP contribution in [0.1, 0.15) is 46.0 Å². The Kier molecular flexibility index (Phi) is 6.89. The number of hydrogen-bond donors (Lipinski definition) is 3. The minimum atomic E-state index is -0.921. The molecule has 1 aliphatic carbocycles. The Morgan fingerprint density at radius 3 is 2.62 bits per heavy atom. The number of urea groups is 1. The molecule has 1 saturated heterocycles. The predicted octanol–water partition coefficient (Wildman–Crippen LogP) is 1.25. The molecule has 6 nitrogen and oxygen atoms in total. The van der Waals surface area contributed by atoms with Crippen molar-refractivity contribution in [2.75, 3.05) is 40.3 Å². The molecular formula is C18H36N4O2. The molecule has 0 aromatic heterocycles. The van der Waals surface area contributed by atoms with Gasteiger partial charge in [0.25, 0.3) is 0 Å². The van der Waals surface area contributed by atoms with E-state index in [1.165, 1.54) is 38.6 Å². The number of likely N-dealkylation sites (tertiary alicyclic amines) is 1. The van der Waals surface area contributed by atoms with Crippen LogP contribution < -0.4 is 10.6 Å². The van der Waals surface area contributed by atoms with Crippen molar-refractivity contribution in [3.63, 3.8) is 0 Å². The van der Waals surface area contributed by atoms with Gasteiger partial charge in [0.2, 0.25) is 0 Å². The molecule has 140 valence electrons. The van der Waals surface area contributed by atoms with Crippen LogP contribution in [0.5, 0.6) is 0 Å². The average Bonchev–Trinajstić information content (AvgIpc) is 2.42. The van der Waals surface area contributed by atoms with Gasteiger partial charge in [-0.1, -0.05) is 6.42 Å². The molecule has 1 heterocycles. The van der Waals surface area contributed by atoms with Gasteiger partial charge in [-0.15, -0.1) is 0 Å². The van der Waals surface area contributed by atoms with E-state index < -0.39 is 5.60 Å². The van der Waals surface area contributed by atoms with Gasteiger partial charge in [0.05, 0.1) is 5.60 Å². The summed E-state index contributed by atoms with van der Waals surface area (Å²) < 4.78 is 0. The average molecular weight is 341 g/mol. The summed E-state index contributed by atoms with van der Waals surface area (Å²) in [4.78, 5) is 16.7. The maximum absolute atomic E-state index is 12.2. The Morgan fingerprint density at radius 2 is 2.04 bits per heavy atom. The van der Waals surface area contributed by atoms with E-state index in [4.69, 9.17) is 0 Å². The number of hydrogen-bond acceptors (Lipinski definition) is 4. The maximum atomic E-state index is 12.2. The van der Waals surface area contributed by atoms with Crippen molar-refractivity contribution in [3.8, 4) is 0 Å². The molecule has 2 aliphatic rings. The van der Waals surface area contributed by atoms with Gasteiger partial charge in [-0.2, -0.15) is 0 Å². The number of nitrogens with zero attached hydrogens (tertiary/aromatic N) is 2. The molecule has 1 aliphatic heterocycles. The summed E-state index contributed by atoms with van der Waals surface area (Å²) in [5, 5.41) is 16.1. The SMILES string of the molecule is CC(NC(=O)NCC(C)(O)CN(C)C)C1CCCN(C2CCC2)C1. The highest BCUT2D eigenvalue weighted by Gasteiger charge is 2.32. The molecule has 3 atom stereocenters. The Balaban J connectivity index is 1.72. The van der Waals surface area contributed by atoms with Gasteiger partial charge in [-0.05, 0) is 66.1 Å². The van der Waals surface area contributed by atoms with Crippen molar-refractivity contribution in [1.29, 1.82) is 0 Å². The fourth-order valence-electron chi connectivity index (χ4n) is 3.92. The topological polar surface area (TPSA) is 67.8 Å². The van der Waals surface area contributed by atoms with Crippen LogP contribution in [0, 0.1) is 5.92 Å². The van der Waals surface area contributed by atoms with Gasteiger partial charge in [0.1, 0.15) is 0 Å². The Labute approximate surface area is 147 Å². The van der Waals surface area contributed by atoms with Crippen LogP contribution in [-0.4, -0.2) is 78.9 Å². The second-order valence-corrected chi connectivity index (χ2v) is 8.33. The molecule has 0 bridgehead atoms. The number of nitrogens with one attached hydrogen (secondary N) is 2. The van der Waals surface area contributed by atoms with E-state index in [0.717, 1.165) is 12.6 Å². The molecular weight excluding hydrogens is 304 g/mol. The highest BCUT2D eigenvalue weighted by molar-refractivity contribution is 5.74. The van der Waals surface area contributed by atoms with Gasteiger partial charge >= 0.3 is 6.03 Å². The molecule has 2 amide bonds. The van der Waals surface area contributed by atoms with Crippen LogP contribution in [0.2, 0.25) is 0 Å². The first-order chi connectivity index (χ1) is 11.3. The molecule has 6 heteroatoms. The zero-order valence-corrected chi connectivity index (χ0v) is 15.8. The molecule has 0 radical (unpaired) electrons. The maximum Gasteiger partial charge on any atom is 0.315 e. The van der Waals surface area contributed by atoms with Gasteiger partial charge in [-0.3, -0.25) is 0 Å². The fraction of sp³-hybridized carbons (Fsp3) is 0.944. The van der Waals surface area contributed by atoms with E-state index in [0.29, 0.717) is 12.5 Å². The second-order valence-electron chi connectivity index (χ2n) is 8.33. The van der Waals surface area contributed by atoms with Crippen LogP contribution >= 0.6 is 0 Å². The number of rotatable bonds is 7. The zero-order valence-electron chi connectivity index (χ0n) is 15.8. The molecule has 3 N–H and O–H groups in total. The first kappa shape index (κ1) is 19.5. The molecule has 3 unspecified atom stereocenters. The number of piperidine rings is 1. The minimum Gasteiger partial charge on any atom is -0.387 e. The number of carbonyl (C=O) groups excluding carboxylic acids is 1. The van der Waals surface area contributed by atoms with Crippen LogP contribution in [0.15, 0.2) is 0 Å². The van der Waals surface area contributed by atoms with E-state index in [9.17, 15) is 9.90 Å². The quantitative estimate of drug-likeness (QED) is 0.652. The molecule has 0 aromatic rings. The van der Waals surface area contributed by atoms with Crippen LogP contribution in [0.25, 0.3) is 0 Å². The van der Waals surface area contributed by atoms with E-state index in [-0.39, 0.29) is 18.6 Å². The van der Waals surface area contributed by atoms with Crippen molar-refractivity contribution in [2.45, 2.75) is 63.6 Å². The molecule has 0 spiro atoms. The molecule has 2 fully saturated rings. The predicted molar refractivity (Wildman–Crippen MR) is 97.1 cm³/mol. The first-order valence-corrected chi connectivity index (χ1v) is 9.42. The fourth-order valence-corrected chi connectivity index (χ4v) is 3.92. The summed E-state index contributed by atoms with van der Waals surface area (Å²) in [6.45, 7) is 6.93. The first-order valence-electron chi connectivity index (χ1n) is 9.42. The molecule has 24 heavy (non-hydrogen) atoms. The van der Waals surface area contributed by atoms with Crippen molar-refractivity contribution in [3.05, 3.63) is 0 Å². The zero-order chi connectivity index (χ0) is 17.7. The number of likely N-dealkylation sites (N-methyl/N-ethyl adjacent to an activating group) is 1. The Morgan fingerprint density at radius 1 is 1.33 bits per heavy atom. The normalized spacial score (nSPS) is 26.5. The number of aliphatic hydroxyl groups is 1. The van der Waals surface area contributed by atoms with Gasteiger partial charge < -0.3 is 25.5 Å². The summed E-state index contributed by atoms with van der Waals surface area (Å²) >= 11 is 0. The Bertz CT molecular complexity index is 410. The lowest BCUT2D eigenvalue weighted by molar-refractivity contribution is 0.0356. The lowest BCUT2D eigenvalue weighted by atomic mass is 9.86. The van der Waals surface area contributed by atoms with Crippen molar-refractivity contribution < 1.29 is 9.90 Å². The lowest BCUT2D eigenvalue weighted by Gasteiger charge is -2.43. The van der Waals surface area contributed by atoms with Crippen LogP contribution in [-0.2, 0) is 0 Å². The third kappa shape index (κ3) is 5.90. The summed E-state index contributed by atoms with van der Waals surface area (Å²) in [5.41, 5.74) is -0.921. The minimum absolute atomic E-state index is 0.159. The summed E-state index contributed by atoms with van der Waals surface area (Å²) in [6.07, 6.45) is 6.47. The summed E-state index contributed by atoms with van der Waals surface area (Å²) in [6, 6.07) is 0.768. The van der Waals surface area contributed by atoms with E-state index in [2.05, 4.69) is 22.5 Å². The van der Waals surface area contributed by atoms with Crippen LogP contribution in [0.4, 0.5) is 4.79 Å². The largest absolute Gasteiger partial charge is 0.387 e.